The molecule has 0 saturated carbocycles. The summed E-state index contributed by atoms with van der Waals surface area (Å²) in [4.78, 5) is 0. The monoisotopic (exact) mass is 422 g/mol. The largest absolute Gasteiger partial charge is 0.314 e. The first-order valence-electron chi connectivity index (χ1n) is 5.20. The van der Waals surface area contributed by atoms with E-state index >= 15 is 0 Å². The van der Waals surface area contributed by atoms with Gasteiger partial charge in [0.2, 0.25) is 0 Å². The van der Waals surface area contributed by atoms with Gasteiger partial charge in [0.25, 0.3) is 0 Å². The Bertz CT molecular complexity index is 166. The molecule has 1 aliphatic heterocycles. The number of rotatable bonds is 0. The Morgan fingerprint density at radius 3 is 1.47 bits per heavy atom. The number of nitrogens with one attached hydrogen (secondary N) is 2. The molecule has 2 N–H and O–H groups in total. The molecule has 0 aromatic rings. The van der Waals surface area contributed by atoms with Crippen LogP contribution < -0.4 is 10.6 Å². The average Bonchev–Trinajstić information content (AvgIpc) is 2.08. The summed E-state index contributed by atoms with van der Waals surface area (Å²) < 4.78 is 0.665. The van der Waals surface area contributed by atoms with Crippen molar-refractivity contribution in [3.8, 4) is 0 Å². The third-order valence-electron chi connectivity index (χ3n) is 2.07. The summed E-state index contributed by atoms with van der Waals surface area (Å²) in [6, 6.07) is 0. The first-order chi connectivity index (χ1) is 6.41. The van der Waals surface area contributed by atoms with Crippen LogP contribution in [0.25, 0.3) is 0 Å². The molecule has 1 heterocycles. The molecular weight excluding hydrogens is 400 g/mol. The maximum atomic E-state index is 3.48. The maximum Gasteiger partial charge on any atom is 0.0331 e. The Kier molecular flexibility index (Phi) is 7.47. The second-order valence-electron chi connectivity index (χ2n) is 5.04. The van der Waals surface area contributed by atoms with E-state index in [2.05, 4.69) is 38.3 Å². The molecule has 0 atom stereocenters. The van der Waals surface area contributed by atoms with Gasteiger partial charge in [0.15, 0.2) is 0 Å². The van der Waals surface area contributed by atoms with Gasteiger partial charge < -0.3 is 10.6 Å². The van der Waals surface area contributed by atoms with Gasteiger partial charge in [-0.15, -0.1) is 0 Å². The Morgan fingerprint density at radius 1 is 0.800 bits per heavy atom. The molecule has 1 fully saturated rings. The van der Waals surface area contributed by atoms with Crippen molar-refractivity contribution in [2.45, 2.75) is 37.2 Å². The first-order valence-corrected chi connectivity index (χ1v) is 7.35. The van der Waals surface area contributed by atoms with Crippen LogP contribution in [0.5, 0.6) is 0 Å². The summed E-state index contributed by atoms with van der Waals surface area (Å²) in [5, 5.41) is 6.95. The Balaban J connectivity index is 0.00000196. The molecular formula is C10H22N2ReS2. The van der Waals surface area contributed by atoms with Crippen molar-refractivity contribution in [2.24, 2.45) is 0 Å². The van der Waals surface area contributed by atoms with Gasteiger partial charge in [0.1, 0.15) is 0 Å². The fourth-order valence-electron chi connectivity index (χ4n) is 1.24. The molecule has 0 aromatic carbocycles. The summed E-state index contributed by atoms with van der Waals surface area (Å²) in [6.45, 7) is 13.6. The van der Waals surface area contributed by atoms with E-state index in [1.807, 2.05) is 21.6 Å². The van der Waals surface area contributed by atoms with Crippen molar-refractivity contribution in [1.29, 1.82) is 0 Å². The molecule has 0 spiro atoms. The zero-order valence-electron chi connectivity index (χ0n) is 10.0. The van der Waals surface area contributed by atoms with Crippen LogP contribution in [0.3, 0.4) is 0 Å². The van der Waals surface area contributed by atoms with E-state index in [1.165, 1.54) is 0 Å². The van der Waals surface area contributed by atoms with Gasteiger partial charge in [-0.05, 0) is 27.7 Å². The van der Waals surface area contributed by atoms with Crippen LogP contribution in [-0.2, 0) is 20.4 Å². The fraction of sp³-hybridized carbons (Fsp3) is 1.00. The van der Waals surface area contributed by atoms with Crippen LogP contribution in [0, 0.1) is 0 Å². The zero-order valence-corrected chi connectivity index (χ0v) is 14.4. The summed E-state index contributed by atoms with van der Waals surface area (Å²) in [5.41, 5.74) is 0. The molecule has 0 bridgehead atoms. The molecule has 0 aliphatic carbocycles. The minimum absolute atomic E-state index is 0. The molecule has 0 unspecified atom stereocenters. The minimum atomic E-state index is 0. The third-order valence-corrected chi connectivity index (χ3v) is 6.30. The van der Waals surface area contributed by atoms with Gasteiger partial charge in [-0.3, -0.25) is 0 Å². The molecule has 0 amide bonds. The summed E-state index contributed by atoms with van der Waals surface area (Å²) in [5.74, 6) is 0. The quantitative estimate of drug-likeness (QED) is 0.585. The fourth-order valence-corrected chi connectivity index (χ4v) is 3.72. The Morgan fingerprint density at radius 2 is 1.13 bits per heavy atom. The van der Waals surface area contributed by atoms with E-state index < -0.39 is 0 Å². The standard InChI is InChI=1S/C10H22N2S2.Re/c1-9(2)7-11-5-6-12-8-10(3,4)14-13-9;/h11-12H,5-8H2,1-4H3;/i;1+2. The SMILES string of the molecule is CC1(C)CNCCNCC(C)(C)SS1.[188Re]. The molecule has 1 saturated heterocycles. The molecule has 1 aliphatic rings. The Hall–Kier alpha value is 1.28. The zero-order chi connectivity index (χ0) is 10.7. The smallest absolute Gasteiger partial charge is 0.0331 e. The van der Waals surface area contributed by atoms with Crippen molar-refractivity contribution in [2.75, 3.05) is 26.2 Å². The normalized spacial score (nSPS) is 26.4. The van der Waals surface area contributed by atoms with Gasteiger partial charge in [0.05, 0.1) is 0 Å². The van der Waals surface area contributed by atoms with E-state index in [4.69, 9.17) is 0 Å². The van der Waals surface area contributed by atoms with Gasteiger partial charge in [-0.2, -0.15) is 0 Å². The topological polar surface area (TPSA) is 24.1 Å². The van der Waals surface area contributed by atoms with Gasteiger partial charge in [-0.1, -0.05) is 21.6 Å². The first kappa shape index (κ1) is 16.3. The summed E-state index contributed by atoms with van der Waals surface area (Å²) in [6.07, 6.45) is 0. The van der Waals surface area contributed by atoms with E-state index in [0.717, 1.165) is 26.2 Å². The predicted octanol–water partition coefficient (Wildman–Crippen LogP) is 2.12. The van der Waals surface area contributed by atoms with E-state index in [-0.39, 0.29) is 20.4 Å². The molecule has 5 heteroatoms. The van der Waals surface area contributed by atoms with Crippen molar-refractivity contribution in [3.05, 3.63) is 0 Å². The van der Waals surface area contributed by atoms with Crippen molar-refractivity contribution < 1.29 is 20.4 Å². The summed E-state index contributed by atoms with van der Waals surface area (Å²) >= 11 is 0. The van der Waals surface area contributed by atoms with Crippen molar-refractivity contribution >= 4 is 21.6 Å². The molecule has 15 heavy (non-hydrogen) atoms. The maximum absolute atomic E-state index is 3.48. The minimum Gasteiger partial charge on any atom is -0.314 e. The molecule has 2 nitrogen and oxygen atoms in total. The average molecular weight is 422 g/mol. The van der Waals surface area contributed by atoms with Crippen LogP contribution in [0.4, 0.5) is 0 Å². The van der Waals surface area contributed by atoms with Crippen LogP contribution in [0.2, 0.25) is 0 Å². The van der Waals surface area contributed by atoms with E-state index in [1.54, 1.807) is 0 Å². The van der Waals surface area contributed by atoms with Crippen LogP contribution in [-0.4, -0.2) is 35.7 Å². The third kappa shape index (κ3) is 7.25. The van der Waals surface area contributed by atoms with Gasteiger partial charge in [0, 0.05) is 56.1 Å². The van der Waals surface area contributed by atoms with E-state index in [9.17, 15) is 0 Å². The number of hydrogen-bond donors (Lipinski definition) is 2. The molecule has 91 valence electrons. The molecule has 1 rings (SSSR count). The molecule has 1 radical (unpaired) electrons. The van der Waals surface area contributed by atoms with Crippen molar-refractivity contribution in [1.82, 2.24) is 10.6 Å². The second kappa shape index (κ2) is 6.88. The predicted molar refractivity (Wildman–Crippen MR) is 69.1 cm³/mol. The van der Waals surface area contributed by atoms with Crippen LogP contribution >= 0.6 is 21.6 Å². The van der Waals surface area contributed by atoms with Crippen LogP contribution in [0.1, 0.15) is 27.7 Å². The Labute approximate surface area is 116 Å². The summed E-state index contributed by atoms with van der Waals surface area (Å²) in [7, 11) is 4.00. The second-order valence-corrected chi connectivity index (χ2v) is 8.58. The van der Waals surface area contributed by atoms with Crippen molar-refractivity contribution in [3.63, 3.8) is 0 Å². The number of hydrogen-bond acceptors (Lipinski definition) is 4. The molecule has 0 aromatic heterocycles. The van der Waals surface area contributed by atoms with E-state index in [0.29, 0.717) is 9.49 Å². The van der Waals surface area contributed by atoms with Gasteiger partial charge >= 0.3 is 0 Å². The van der Waals surface area contributed by atoms with Gasteiger partial charge in [-0.25, -0.2) is 0 Å². The van der Waals surface area contributed by atoms with Crippen LogP contribution in [0.15, 0.2) is 0 Å².